The molecule has 0 aromatic heterocycles. The van der Waals surface area contributed by atoms with E-state index in [0.29, 0.717) is 17.9 Å². The second-order valence-corrected chi connectivity index (χ2v) is 6.20. The summed E-state index contributed by atoms with van der Waals surface area (Å²) < 4.78 is 42.4. The van der Waals surface area contributed by atoms with Crippen LogP contribution in [-0.4, -0.2) is 25.9 Å². The van der Waals surface area contributed by atoms with Crippen LogP contribution in [0.2, 0.25) is 0 Å². The highest BCUT2D eigenvalue weighted by atomic mass is 32.1. The van der Waals surface area contributed by atoms with Crippen LogP contribution in [0.1, 0.15) is 12.0 Å². The average Bonchev–Trinajstić information content (AvgIpc) is 2.67. The summed E-state index contributed by atoms with van der Waals surface area (Å²) in [4.78, 5) is 10.8. The van der Waals surface area contributed by atoms with Crippen molar-refractivity contribution in [3.05, 3.63) is 66.2 Å². The topological polar surface area (TPSA) is 64.3 Å². The third-order valence-electron chi connectivity index (χ3n) is 3.33. The summed E-state index contributed by atoms with van der Waals surface area (Å²) in [6.07, 6.45) is 0.903. The van der Waals surface area contributed by atoms with E-state index in [-0.39, 0.29) is 6.04 Å². The highest BCUT2D eigenvalue weighted by Crippen LogP contribution is 2.31. The van der Waals surface area contributed by atoms with Crippen molar-refractivity contribution in [2.75, 3.05) is 13.6 Å². The zero-order valence-corrected chi connectivity index (χ0v) is 16.2. The smallest absolute Gasteiger partial charge is 0.416 e. The summed E-state index contributed by atoms with van der Waals surface area (Å²) in [5, 5.41) is 2.94. The van der Waals surface area contributed by atoms with Crippen LogP contribution in [0.25, 0.3) is 0 Å². The molecule has 8 heteroatoms. The maximum Gasteiger partial charge on any atom is 0.416 e. The molecule has 0 amide bonds. The lowest BCUT2D eigenvalue weighted by atomic mass is 10.2. The fourth-order valence-corrected chi connectivity index (χ4v) is 2.02. The third kappa shape index (κ3) is 9.59. The number of carbonyl (C=O) groups excluding carboxylic acids is 1. The van der Waals surface area contributed by atoms with E-state index in [0.717, 1.165) is 29.9 Å². The number of carbonyl (C=O) groups is 1. The number of nitrogens with one attached hydrogen (secondary N) is 1. The van der Waals surface area contributed by atoms with Gasteiger partial charge in [-0.2, -0.15) is 13.2 Å². The van der Waals surface area contributed by atoms with Gasteiger partial charge in [-0.05, 0) is 62.0 Å². The lowest BCUT2D eigenvalue weighted by Gasteiger charge is -2.09. The Kier molecular flexibility index (Phi) is 10.4. The second-order valence-electron chi connectivity index (χ2n) is 5.68. The molecule has 0 aliphatic heterocycles. The van der Waals surface area contributed by atoms with E-state index in [1.807, 2.05) is 19.2 Å². The van der Waals surface area contributed by atoms with Gasteiger partial charge in [0.15, 0.2) is 0 Å². The van der Waals surface area contributed by atoms with Gasteiger partial charge in [0.05, 0.1) is 11.6 Å². The van der Waals surface area contributed by atoms with Gasteiger partial charge in [-0.1, -0.05) is 12.2 Å². The number of aldehydes is 1. The third-order valence-corrected chi connectivity index (χ3v) is 3.62. The minimum atomic E-state index is -4.33. The Morgan fingerprint density at radius 2 is 1.61 bits per heavy atom. The highest BCUT2D eigenvalue weighted by Gasteiger charge is 2.30. The number of ether oxygens (including phenoxy) is 1. The van der Waals surface area contributed by atoms with Crippen molar-refractivity contribution in [3.8, 4) is 11.5 Å². The molecule has 3 N–H and O–H groups in total. The van der Waals surface area contributed by atoms with Crippen molar-refractivity contribution < 1.29 is 22.7 Å². The van der Waals surface area contributed by atoms with Crippen LogP contribution in [0, 0.1) is 0 Å². The van der Waals surface area contributed by atoms with Crippen LogP contribution < -0.4 is 15.8 Å². The monoisotopic (exact) mass is 412 g/mol. The SMILES string of the molecule is CNC/C=C\CC(N)C=O.FC(F)(F)c1ccc(Oc2ccc(S)cc2)cc1. The molecule has 0 spiro atoms. The number of rotatable bonds is 7. The largest absolute Gasteiger partial charge is 0.457 e. The number of nitrogens with two attached hydrogens (primary N) is 1. The maximum atomic E-state index is 12.3. The van der Waals surface area contributed by atoms with E-state index in [1.165, 1.54) is 12.1 Å². The highest BCUT2D eigenvalue weighted by molar-refractivity contribution is 7.80. The van der Waals surface area contributed by atoms with Crippen LogP contribution in [0.4, 0.5) is 13.2 Å². The van der Waals surface area contributed by atoms with E-state index in [9.17, 15) is 18.0 Å². The predicted molar refractivity (Wildman–Crippen MR) is 107 cm³/mol. The Balaban J connectivity index is 0.000000336. The standard InChI is InChI=1S/C13H9F3OS.C7H14N2O/c14-13(15,16)9-1-3-10(4-2-9)17-11-5-7-12(18)8-6-11;1-9-5-3-2-4-7(8)6-10/h1-8,18H;2-3,6-7,9H,4-5,8H2,1H3/b;3-2-. The summed E-state index contributed by atoms with van der Waals surface area (Å²) in [5.41, 5.74) is 4.62. The van der Waals surface area contributed by atoms with Crippen molar-refractivity contribution in [2.24, 2.45) is 5.73 Å². The maximum absolute atomic E-state index is 12.3. The van der Waals surface area contributed by atoms with Crippen molar-refractivity contribution in [1.29, 1.82) is 0 Å². The molecule has 0 fully saturated rings. The number of benzene rings is 2. The number of halogens is 3. The zero-order valence-electron chi connectivity index (χ0n) is 15.3. The van der Waals surface area contributed by atoms with Gasteiger partial charge in [-0.25, -0.2) is 0 Å². The van der Waals surface area contributed by atoms with Gasteiger partial charge in [0.25, 0.3) is 0 Å². The van der Waals surface area contributed by atoms with E-state index < -0.39 is 11.7 Å². The summed E-state index contributed by atoms with van der Waals surface area (Å²) in [7, 11) is 1.87. The van der Waals surface area contributed by atoms with E-state index >= 15 is 0 Å². The van der Waals surface area contributed by atoms with Crippen molar-refractivity contribution >= 4 is 18.9 Å². The van der Waals surface area contributed by atoms with Crippen LogP contribution in [0.3, 0.4) is 0 Å². The molecule has 4 nitrogen and oxygen atoms in total. The summed E-state index contributed by atoms with van der Waals surface area (Å²) >= 11 is 4.12. The van der Waals surface area contributed by atoms with Crippen LogP contribution >= 0.6 is 12.6 Å². The Morgan fingerprint density at radius 1 is 1.07 bits per heavy atom. The first-order chi connectivity index (χ1) is 13.3. The molecule has 0 aliphatic rings. The van der Waals surface area contributed by atoms with E-state index in [1.54, 1.807) is 24.3 Å². The van der Waals surface area contributed by atoms with Gasteiger partial charge in [-0.3, -0.25) is 0 Å². The molecule has 0 bridgehead atoms. The van der Waals surface area contributed by atoms with Gasteiger partial charge in [0.2, 0.25) is 0 Å². The molecule has 1 unspecified atom stereocenters. The number of hydrogen-bond acceptors (Lipinski definition) is 5. The summed E-state index contributed by atoms with van der Waals surface area (Å²) in [6, 6.07) is 11.1. The van der Waals surface area contributed by atoms with Gasteiger partial charge >= 0.3 is 6.18 Å². The molecular formula is C20H23F3N2O2S. The first kappa shape index (κ1) is 23.7. The lowest BCUT2D eigenvalue weighted by molar-refractivity contribution is -0.137. The normalized spacial score (nSPS) is 12.2. The molecule has 2 rings (SSSR count). The molecule has 0 heterocycles. The quantitative estimate of drug-likeness (QED) is 0.357. The van der Waals surface area contributed by atoms with Crippen LogP contribution in [0.15, 0.2) is 65.6 Å². The molecule has 1 atom stereocenters. The van der Waals surface area contributed by atoms with Gasteiger partial charge in [-0.15, -0.1) is 12.6 Å². The predicted octanol–water partition coefficient (Wildman–Crippen LogP) is 4.46. The molecule has 0 saturated carbocycles. The summed E-state index contributed by atoms with van der Waals surface area (Å²) in [6.45, 7) is 0.825. The number of thiol groups is 1. The van der Waals surface area contributed by atoms with E-state index in [4.69, 9.17) is 10.5 Å². The van der Waals surface area contributed by atoms with Crippen molar-refractivity contribution in [2.45, 2.75) is 23.5 Å². The van der Waals surface area contributed by atoms with Crippen LogP contribution in [-0.2, 0) is 11.0 Å². The molecule has 2 aromatic carbocycles. The second kappa shape index (κ2) is 12.2. The number of alkyl halides is 3. The van der Waals surface area contributed by atoms with E-state index in [2.05, 4.69) is 17.9 Å². The van der Waals surface area contributed by atoms with Crippen LogP contribution in [0.5, 0.6) is 11.5 Å². The first-order valence-electron chi connectivity index (χ1n) is 8.41. The Hall–Kier alpha value is -2.29. The zero-order chi connectivity index (χ0) is 21.0. The molecular weight excluding hydrogens is 389 g/mol. The molecule has 2 aromatic rings. The van der Waals surface area contributed by atoms with Crippen molar-refractivity contribution in [3.63, 3.8) is 0 Å². The van der Waals surface area contributed by atoms with Crippen molar-refractivity contribution in [1.82, 2.24) is 5.32 Å². The number of likely N-dealkylation sites (N-methyl/N-ethyl adjacent to an activating group) is 1. The van der Waals surface area contributed by atoms with Gasteiger partial charge in [0, 0.05) is 11.4 Å². The molecule has 0 radical (unpaired) electrons. The van der Waals surface area contributed by atoms with Gasteiger partial charge in [0.1, 0.15) is 17.8 Å². The number of hydrogen-bond donors (Lipinski definition) is 3. The Labute approximate surface area is 168 Å². The molecule has 28 heavy (non-hydrogen) atoms. The fourth-order valence-electron chi connectivity index (χ4n) is 1.87. The lowest BCUT2D eigenvalue weighted by Crippen LogP contribution is -2.20. The van der Waals surface area contributed by atoms with Gasteiger partial charge < -0.3 is 20.6 Å². The Bertz CT molecular complexity index is 733. The average molecular weight is 412 g/mol. The fraction of sp³-hybridized carbons (Fsp3) is 0.250. The molecule has 0 saturated heterocycles. The Morgan fingerprint density at radius 3 is 2.07 bits per heavy atom. The minimum absolute atomic E-state index is 0.340. The molecule has 0 aliphatic carbocycles. The summed E-state index contributed by atoms with van der Waals surface area (Å²) in [5.74, 6) is 0.905. The first-order valence-corrected chi connectivity index (χ1v) is 8.85. The minimum Gasteiger partial charge on any atom is -0.457 e. The molecule has 152 valence electrons.